The fraction of sp³-hybridized carbons (Fsp3) is 0.889. The highest BCUT2D eigenvalue weighted by Crippen LogP contribution is 2.09. The topological polar surface area (TPSA) is 158 Å². The van der Waals surface area contributed by atoms with E-state index in [1.807, 2.05) is 16.7 Å². The summed E-state index contributed by atoms with van der Waals surface area (Å²) >= 11 is 0. The van der Waals surface area contributed by atoms with Crippen molar-refractivity contribution in [3.63, 3.8) is 0 Å². The molecule has 0 spiro atoms. The first kappa shape index (κ1) is 26.0. The number of nitroso groups, excluding NO2 is 2. The van der Waals surface area contributed by atoms with Crippen LogP contribution in [0.5, 0.6) is 0 Å². The van der Waals surface area contributed by atoms with Crippen LogP contribution >= 0.6 is 0 Å². The summed E-state index contributed by atoms with van der Waals surface area (Å²) in [6.45, 7) is 8.12. The molecule has 1 fully saturated rings. The number of nitrogens with zero attached hydrogens (tertiary/aromatic N) is 6. The third-order valence-electron chi connectivity index (χ3n) is 5.38. The van der Waals surface area contributed by atoms with Crippen molar-refractivity contribution in [2.75, 3.05) is 85.1 Å². The van der Waals surface area contributed by atoms with Gasteiger partial charge in [-0.05, 0) is 6.42 Å². The van der Waals surface area contributed by atoms with Crippen LogP contribution in [-0.4, -0.2) is 123 Å². The van der Waals surface area contributed by atoms with Gasteiger partial charge < -0.3 is 11.5 Å². The maximum atomic E-state index is 11.6. The molecule has 0 aromatic rings. The fourth-order valence-electron chi connectivity index (χ4n) is 3.71. The van der Waals surface area contributed by atoms with Gasteiger partial charge in [-0.2, -0.15) is 9.81 Å². The van der Waals surface area contributed by atoms with Gasteiger partial charge in [0.2, 0.25) is 11.8 Å². The molecule has 172 valence electrons. The molecule has 0 aromatic carbocycles. The van der Waals surface area contributed by atoms with Crippen molar-refractivity contribution in [2.45, 2.75) is 19.4 Å². The van der Waals surface area contributed by atoms with Crippen molar-refractivity contribution >= 4 is 11.8 Å². The molecule has 1 saturated heterocycles. The lowest BCUT2D eigenvalue weighted by Gasteiger charge is -2.37. The van der Waals surface area contributed by atoms with Gasteiger partial charge in [-0.15, -0.1) is 0 Å². The summed E-state index contributed by atoms with van der Waals surface area (Å²) in [7, 11) is 0. The van der Waals surface area contributed by atoms with E-state index < -0.39 is 11.8 Å². The molecule has 1 unspecified atom stereocenters. The second-order valence-electron chi connectivity index (χ2n) is 7.59. The van der Waals surface area contributed by atoms with Gasteiger partial charge in [0.15, 0.2) is 0 Å². The molecular weight excluding hydrogens is 392 g/mol. The van der Waals surface area contributed by atoms with E-state index in [0.717, 1.165) is 6.42 Å². The van der Waals surface area contributed by atoms with Gasteiger partial charge in [-0.3, -0.25) is 29.2 Å². The number of hydrogen-bond acceptors (Lipinski definition) is 10. The van der Waals surface area contributed by atoms with Gasteiger partial charge in [0.05, 0.1) is 26.2 Å². The average molecular weight is 429 g/mol. The lowest BCUT2D eigenvalue weighted by molar-refractivity contribution is -0.121. The number of nitrogens with two attached hydrogens (primary N) is 2. The van der Waals surface area contributed by atoms with Crippen LogP contribution in [0.2, 0.25) is 0 Å². The molecule has 0 aliphatic carbocycles. The van der Waals surface area contributed by atoms with Crippen LogP contribution in [0.3, 0.4) is 0 Å². The molecule has 0 bridgehead atoms. The SMILES string of the molecule is CCC1CN(CCN=O)CCN(CCN=O)CCN(CC(N)=O)CCN1CC(N)=O. The first-order valence-electron chi connectivity index (χ1n) is 10.5. The van der Waals surface area contributed by atoms with Gasteiger partial charge in [0.1, 0.15) is 0 Å². The Labute approximate surface area is 177 Å². The van der Waals surface area contributed by atoms with E-state index in [4.69, 9.17) is 11.5 Å². The van der Waals surface area contributed by atoms with Gasteiger partial charge in [0.25, 0.3) is 0 Å². The van der Waals surface area contributed by atoms with Crippen molar-refractivity contribution in [1.82, 2.24) is 19.6 Å². The molecule has 0 radical (unpaired) electrons. The van der Waals surface area contributed by atoms with Gasteiger partial charge >= 0.3 is 0 Å². The Balaban J connectivity index is 3.03. The van der Waals surface area contributed by atoms with Crippen molar-refractivity contribution in [3.8, 4) is 0 Å². The Morgan fingerprint density at radius 2 is 1.30 bits per heavy atom. The molecule has 1 aliphatic rings. The molecule has 4 N–H and O–H groups in total. The Kier molecular flexibility index (Phi) is 12.9. The Hall–Kier alpha value is -2.02. The van der Waals surface area contributed by atoms with E-state index in [-0.39, 0.29) is 32.2 Å². The van der Waals surface area contributed by atoms with Crippen molar-refractivity contribution in [2.24, 2.45) is 21.8 Å². The molecular formula is C18H36N8O4. The maximum absolute atomic E-state index is 11.6. The predicted octanol–water partition coefficient (Wildman–Crippen LogP) is -1.51. The highest BCUT2D eigenvalue weighted by molar-refractivity contribution is 5.76. The number of rotatable bonds is 11. The number of hydrogen-bond donors (Lipinski definition) is 2. The van der Waals surface area contributed by atoms with Crippen LogP contribution in [-0.2, 0) is 9.59 Å². The highest BCUT2D eigenvalue weighted by Gasteiger charge is 2.24. The van der Waals surface area contributed by atoms with E-state index in [9.17, 15) is 19.4 Å². The molecule has 0 saturated carbocycles. The molecule has 12 nitrogen and oxygen atoms in total. The number of carbonyl (C=O) groups is 2. The standard InChI is InChI=1S/C18H36N8O4/c1-2-16-13-24(6-4-22-30)9-7-23(5-3-21-29)8-10-25(14-17(19)27)11-12-26(16)15-18(20)28/h16H,2-15H2,1H3,(H2,19,27)(H2,20,28). The number of carbonyl (C=O) groups excluding carboxylic acids is 2. The minimum atomic E-state index is -0.413. The number of amides is 2. The predicted molar refractivity (Wildman–Crippen MR) is 115 cm³/mol. The van der Waals surface area contributed by atoms with E-state index >= 15 is 0 Å². The third-order valence-corrected chi connectivity index (χ3v) is 5.38. The van der Waals surface area contributed by atoms with Crippen LogP contribution in [0.1, 0.15) is 13.3 Å². The van der Waals surface area contributed by atoms with Crippen LogP contribution in [0.25, 0.3) is 0 Å². The maximum Gasteiger partial charge on any atom is 0.231 e. The Morgan fingerprint density at radius 1 is 0.800 bits per heavy atom. The van der Waals surface area contributed by atoms with Crippen molar-refractivity contribution in [3.05, 3.63) is 9.81 Å². The second-order valence-corrected chi connectivity index (χ2v) is 7.59. The lowest BCUT2D eigenvalue weighted by atomic mass is 10.1. The van der Waals surface area contributed by atoms with Gasteiger partial charge in [0, 0.05) is 64.9 Å². The first-order valence-corrected chi connectivity index (χ1v) is 10.5. The summed E-state index contributed by atoms with van der Waals surface area (Å²) in [5, 5.41) is 5.94. The normalized spacial score (nSPS) is 21.4. The highest BCUT2D eigenvalue weighted by atomic mass is 16.3. The van der Waals surface area contributed by atoms with E-state index in [1.54, 1.807) is 0 Å². The zero-order valence-corrected chi connectivity index (χ0v) is 17.9. The van der Waals surface area contributed by atoms with E-state index in [0.29, 0.717) is 58.9 Å². The van der Waals surface area contributed by atoms with Gasteiger partial charge in [-0.25, -0.2) is 0 Å². The zero-order chi connectivity index (χ0) is 22.4. The van der Waals surface area contributed by atoms with Gasteiger partial charge in [-0.1, -0.05) is 17.3 Å². The average Bonchev–Trinajstić information content (AvgIpc) is 2.69. The fourth-order valence-corrected chi connectivity index (χ4v) is 3.71. The summed E-state index contributed by atoms with van der Waals surface area (Å²) < 4.78 is 0. The summed E-state index contributed by atoms with van der Waals surface area (Å²) in [4.78, 5) is 52.7. The molecule has 1 rings (SSSR count). The minimum absolute atomic E-state index is 0.0594. The summed E-state index contributed by atoms with van der Waals surface area (Å²) in [6.07, 6.45) is 0.799. The summed E-state index contributed by atoms with van der Waals surface area (Å²) in [5.41, 5.74) is 10.9. The molecule has 1 aliphatic heterocycles. The minimum Gasteiger partial charge on any atom is -0.369 e. The van der Waals surface area contributed by atoms with Crippen molar-refractivity contribution in [1.29, 1.82) is 0 Å². The van der Waals surface area contributed by atoms with Crippen LogP contribution in [0.15, 0.2) is 10.4 Å². The Bertz CT molecular complexity index is 550. The van der Waals surface area contributed by atoms with Crippen LogP contribution in [0, 0.1) is 9.81 Å². The van der Waals surface area contributed by atoms with E-state index in [2.05, 4.69) is 20.2 Å². The molecule has 1 atom stereocenters. The molecule has 0 aromatic heterocycles. The molecule has 30 heavy (non-hydrogen) atoms. The Morgan fingerprint density at radius 3 is 1.83 bits per heavy atom. The zero-order valence-electron chi connectivity index (χ0n) is 17.9. The smallest absolute Gasteiger partial charge is 0.231 e. The monoisotopic (exact) mass is 428 g/mol. The first-order chi connectivity index (χ1) is 14.4. The van der Waals surface area contributed by atoms with Crippen LogP contribution in [0.4, 0.5) is 0 Å². The van der Waals surface area contributed by atoms with Crippen LogP contribution < -0.4 is 11.5 Å². The summed E-state index contributed by atoms with van der Waals surface area (Å²) in [5.74, 6) is -0.820. The van der Waals surface area contributed by atoms with Crippen molar-refractivity contribution < 1.29 is 9.59 Å². The number of primary amides is 2. The molecule has 2 amide bonds. The summed E-state index contributed by atoms with van der Waals surface area (Å²) in [6, 6.07) is 0.0594. The molecule has 12 heteroatoms. The largest absolute Gasteiger partial charge is 0.369 e. The lowest BCUT2D eigenvalue weighted by Crippen LogP contribution is -2.53. The quantitative estimate of drug-likeness (QED) is 0.376. The van der Waals surface area contributed by atoms with E-state index in [1.165, 1.54) is 0 Å². The third kappa shape index (κ3) is 10.7. The second kappa shape index (κ2) is 14.9. The molecule has 1 heterocycles.